The molecule has 0 radical (unpaired) electrons. The van der Waals surface area contributed by atoms with Crippen LogP contribution in [0.2, 0.25) is 0 Å². The number of carbonyl (C=O) groups excluding carboxylic acids is 1. The number of imidazole rings is 1. The molecule has 7 nitrogen and oxygen atoms in total. The van der Waals surface area contributed by atoms with Crippen molar-refractivity contribution in [2.24, 2.45) is 0 Å². The van der Waals surface area contributed by atoms with Crippen LogP contribution in [0.5, 0.6) is 0 Å². The highest BCUT2D eigenvalue weighted by Gasteiger charge is 2.09. The second-order valence-corrected chi connectivity index (χ2v) is 6.36. The standard InChI is InChI=1S/C21H20N6O/c1-22-20(28)8-10-27-14-17(12-25-27)16-7-9-23-18(11-16)21-24-13-19(26-21)15-5-3-2-4-6-15/h2-7,9,11-14H,8,10H2,1H3,(H,22,28)(H,24,26). The van der Waals surface area contributed by atoms with Crippen LogP contribution in [0, 0.1) is 0 Å². The van der Waals surface area contributed by atoms with Crippen LogP contribution in [-0.2, 0) is 11.3 Å². The van der Waals surface area contributed by atoms with Crippen molar-refractivity contribution in [3.8, 4) is 33.9 Å². The number of pyridine rings is 1. The van der Waals surface area contributed by atoms with Crippen molar-refractivity contribution < 1.29 is 4.79 Å². The highest BCUT2D eigenvalue weighted by atomic mass is 16.1. The summed E-state index contributed by atoms with van der Waals surface area (Å²) in [6, 6.07) is 14.0. The molecule has 0 aliphatic carbocycles. The van der Waals surface area contributed by atoms with E-state index in [1.807, 2.05) is 54.9 Å². The summed E-state index contributed by atoms with van der Waals surface area (Å²) in [5.74, 6) is 0.711. The molecule has 0 aliphatic heterocycles. The molecule has 0 fully saturated rings. The number of rotatable bonds is 6. The molecule has 0 spiro atoms. The van der Waals surface area contributed by atoms with E-state index < -0.39 is 0 Å². The summed E-state index contributed by atoms with van der Waals surface area (Å²) in [5, 5.41) is 6.95. The largest absolute Gasteiger partial charge is 0.359 e. The maximum absolute atomic E-state index is 11.4. The van der Waals surface area contributed by atoms with Gasteiger partial charge in [0.2, 0.25) is 5.91 Å². The number of carbonyl (C=O) groups is 1. The van der Waals surface area contributed by atoms with Crippen molar-refractivity contribution in [3.63, 3.8) is 0 Å². The third-order valence-electron chi connectivity index (χ3n) is 4.48. The average Bonchev–Trinajstić information content (AvgIpc) is 3.43. The Hall–Kier alpha value is -3.74. The maximum Gasteiger partial charge on any atom is 0.221 e. The molecule has 3 aromatic heterocycles. The predicted molar refractivity (Wildman–Crippen MR) is 107 cm³/mol. The van der Waals surface area contributed by atoms with Gasteiger partial charge in [0.15, 0.2) is 5.82 Å². The normalized spacial score (nSPS) is 10.8. The molecular weight excluding hydrogens is 352 g/mol. The maximum atomic E-state index is 11.4. The van der Waals surface area contributed by atoms with E-state index in [1.54, 1.807) is 24.1 Å². The first kappa shape index (κ1) is 17.7. The number of aryl methyl sites for hydroxylation is 1. The lowest BCUT2D eigenvalue weighted by Crippen LogP contribution is -2.19. The van der Waals surface area contributed by atoms with Crippen molar-refractivity contribution in [1.82, 2.24) is 30.0 Å². The average molecular weight is 372 g/mol. The molecule has 2 N–H and O–H groups in total. The minimum Gasteiger partial charge on any atom is -0.359 e. The van der Waals surface area contributed by atoms with E-state index >= 15 is 0 Å². The van der Waals surface area contributed by atoms with Gasteiger partial charge in [-0.15, -0.1) is 0 Å². The summed E-state index contributed by atoms with van der Waals surface area (Å²) in [4.78, 5) is 23.7. The van der Waals surface area contributed by atoms with E-state index in [0.717, 1.165) is 28.1 Å². The zero-order valence-electron chi connectivity index (χ0n) is 15.5. The molecule has 7 heteroatoms. The van der Waals surface area contributed by atoms with Gasteiger partial charge in [-0.1, -0.05) is 30.3 Å². The van der Waals surface area contributed by atoms with Crippen molar-refractivity contribution in [1.29, 1.82) is 0 Å². The SMILES string of the molecule is CNC(=O)CCn1cc(-c2ccnc(-c3ncc(-c4ccccc4)[nH]3)c2)cn1. The number of aromatic amines is 1. The Morgan fingerprint density at radius 2 is 1.93 bits per heavy atom. The zero-order valence-corrected chi connectivity index (χ0v) is 15.5. The minimum atomic E-state index is -0.00436. The zero-order chi connectivity index (χ0) is 19.3. The second-order valence-electron chi connectivity index (χ2n) is 6.36. The van der Waals surface area contributed by atoms with Crippen molar-refractivity contribution in [3.05, 3.63) is 67.3 Å². The fourth-order valence-corrected chi connectivity index (χ4v) is 2.93. The van der Waals surface area contributed by atoms with E-state index in [4.69, 9.17) is 0 Å². The first-order valence-corrected chi connectivity index (χ1v) is 9.03. The lowest BCUT2D eigenvalue weighted by molar-refractivity contribution is -0.120. The smallest absolute Gasteiger partial charge is 0.221 e. The van der Waals surface area contributed by atoms with E-state index in [1.165, 1.54) is 0 Å². The van der Waals surface area contributed by atoms with Crippen LogP contribution < -0.4 is 5.32 Å². The van der Waals surface area contributed by atoms with Gasteiger partial charge in [0, 0.05) is 38.0 Å². The summed E-state index contributed by atoms with van der Waals surface area (Å²) < 4.78 is 1.77. The molecule has 1 amide bonds. The summed E-state index contributed by atoms with van der Waals surface area (Å²) in [7, 11) is 1.63. The molecule has 140 valence electrons. The number of hydrogen-bond donors (Lipinski definition) is 2. The molecule has 0 atom stereocenters. The molecular formula is C21H20N6O. The van der Waals surface area contributed by atoms with Gasteiger partial charge >= 0.3 is 0 Å². The lowest BCUT2D eigenvalue weighted by atomic mass is 10.1. The number of hydrogen-bond acceptors (Lipinski definition) is 4. The van der Waals surface area contributed by atoms with Crippen molar-refractivity contribution >= 4 is 5.91 Å². The molecule has 4 rings (SSSR count). The molecule has 0 bridgehead atoms. The quantitative estimate of drug-likeness (QED) is 0.544. The van der Waals surface area contributed by atoms with E-state index in [2.05, 4.69) is 25.4 Å². The topological polar surface area (TPSA) is 88.5 Å². The van der Waals surface area contributed by atoms with Gasteiger partial charge in [-0.05, 0) is 23.3 Å². The summed E-state index contributed by atoms with van der Waals surface area (Å²) in [5.41, 5.74) is 4.75. The van der Waals surface area contributed by atoms with Crippen molar-refractivity contribution in [2.45, 2.75) is 13.0 Å². The summed E-state index contributed by atoms with van der Waals surface area (Å²) in [6.45, 7) is 0.538. The highest BCUT2D eigenvalue weighted by Crippen LogP contribution is 2.25. The molecule has 0 unspecified atom stereocenters. The fourth-order valence-electron chi connectivity index (χ4n) is 2.93. The third kappa shape index (κ3) is 3.83. The van der Waals surface area contributed by atoms with Crippen LogP contribution >= 0.6 is 0 Å². The Morgan fingerprint density at radius 3 is 2.75 bits per heavy atom. The van der Waals surface area contributed by atoms with Crippen LogP contribution in [0.15, 0.2) is 67.3 Å². The minimum absolute atomic E-state index is 0.00436. The monoisotopic (exact) mass is 372 g/mol. The Kier molecular flexibility index (Phi) is 4.97. The third-order valence-corrected chi connectivity index (χ3v) is 4.48. The van der Waals surface area contributed by atoms with Crippen molar-refractivity contribution in [2.75, 3.05) is 7.05 Å². The fraction of sp³-hybridized carbons (Fsp3) is 0.143. The molecule has 0 saturated heterocycles. The first-order chi connectivity index (χ1) is 13.7. The Labute approximate surface area is 162 Å². The van der Waals surface area contributed by atoms with Gasteiger partial charge in [-0.25, -0.2) is 4.98 Å². The lowest BCUT2D eigenvalue weighted by Gasteiger charge is -2.02. The van der Waals surface area contributed by atoms with Gasteiger partial charge in [0.1, 0.15) is 5.69 Å². The Bertz CT molecular complexity index is 1080. The second kappa shape index (κ2) is 7.87. The molecule has 28 heavy (non-hydrogen) atoms. The van der Waals surface area contributed by atoms with Gasteiger partial charge in [0.25, 0.3) is 0 Å². The van der Waals surface area contributed by atoms with Crippen LogP contribution in [-0.4, -0.2) is 37.7 Å². The predicted octanol–water partition coefficient (Wildman–Crippen LogP) is 3.14. The summed E-state index contributed by atoms with van der Waals surface area (Å²) >= 11 is 0. The van der Waals surface area contributed by atoms with Gasteiger partial charge in [-0.3, -0.25) is 14.5 Å². The Balaban J connectivity index is 1.55. The van der Waals surface area contributed by atoms with Gasteiger partial charge in [0.05, 0.1) is 18.1 Å². The molecule has 4 aromatic rings. The number of H-pyrrole nitrogens is 1. The molecule has 0 aliphatic rings. The van der Waals surface area contributed by atoms with Gasteiger partial charge in [-0.2, -0.15) is 5.10 Å². The van der Waals surface area contributed by atoms with Crippen LogP contribution in [0.1, 0.15) is 6.42 Å². The van der Waals surface area contributed by atoms with Crippen LogP contribution in [0.3, 0.4) is 0 Å². The number of aromatic nitrogens is 5. The number of benzene rings is 1. The molecule has 1 aromatic carbocycles. The number of nitrogens with one attached hydrogen (secondary N) is 2. The van der Waals surface area contributed by atoms with E-state index in [0.29, 0.717) is 18.8 Å². The highest BCUT2D eigenvalue weighted by molar-refractivity contribution is 5.75. The molecule has 3 heterocycles. The van der Waals surface area contributed by atoms with E-state index in [9.17, 15) is 4.79 Å². The summed E-state index contributed by atoms with van der Waals surface area (Å²) in [6.07, 6.45) is 7.70. The van der Waals surface area contributed by atoms with Gasteiger partial charge < -0.3 is 10.3 Å². The number of nitrogens with zero attached hydrogens (tertiary/aromatic N) is 4. The molecule has 0 saturated carbocycles. The van der Waals surface area contributed by atoms with E-state index in [-0.39, 0.29) is 5.91 Å². The first-order valence-electron chi connectivity index (χ1n) is 9.03. The number of amides is 1. The van der Waals surface area contributed by atoms with Crippen LogP contribution in [0.25, 0.3) is 33.9 Å². The van der Waals surface area contributed by atoms with Crippen LogP contribution in [0.4, 0.5) is 0 Å². The Morgan fingerprint density at radius 1 is 1.07 bits per heavy atom.